The predicted octanol–water partition coefficient (Wildman–Crippen LogP) is 1.14. The lowest BCUT2D eigenvalue weighted by Crippen LogP contribution is -2.45. The molecule has 0 bridgehead atoms. The fraction of sp³-hybridized carbons (Fsp3) is 1.00. The molecule has 4 nitrogen and oxygen atoms in total. The highest BCUT2D eigenvalue weighted by Gasteiger charge is 2.30. The number of rotatable bonds is 6. The summed E-state index contributed by atoms with van der Waals surface area (Å²) in [6.07, 6.45) is 0.697. The van der Waals surface area contributed by atoms with E-state index in [-0.39, 0.29) is 5.75 Å². The molecule has 0 aromatic rings. The molecule has 2 unspecified atom stereocenters. The van der Waals surface area contributed by atoms with Gasteiger partial charge in [-0.25, -0.2) is 8.42 Å². The predicted molar refractivity (Wildman–Crippen MR) is 75.0 cm³/mol. The summed E-state index contributed by atoms with van der Waals surface area (Å²) in [6.45, 7) is 9.23. The van der Waals surface area contributed by atoms with Crippen LogP contribution in [0.3, 0.4) is 0 Å². The molecular weight excluding hydrogens is 256 g/mol. The SMILES string of the molecule is CCNCCCS(=O)(=O)N1CC(C)SC(C)C1. The van der Waals surface area contributed by atoms with Crippen LogP contribution >= 0.6 is 11.8 Å². The average Bonchev–Trinajstić information content (AvgIpc) is 2.23. The van der Waals surface area contributed by atoms with Crippen LogP contribution in [0.25, 0.3) is 0 Å². The maximum Gasteiger partial charge on any atom is 0.214 e. The second-order valence-corrected chi connectivity index (χ2v) is 8.57. The monoisotopic (exact) mass is 280 g/mol. The Kier molecular flexibility index (Phi) is 6.26. The van der Waals surface area contributed by atoms with E-state index in [2.05, 4.69) is 19.2 Å². The quantitative estimate of drug-likeness (QED) is 0.741. The lowest BCUT2D eigenvalue weighted by molar-refractivity contribution is 0.404. The van der Waals surface area contributed by atoms with Gasteiger partial charge in [0, 0.05) is 23.6 Å². The van der Waals surface area contributed by atoms with Crippen LogP contribution in [0.4, 0.5) is 0 Å². The number of nitrogens with one attached hydrogen (secondary N) is 1. The van der Waals surface area contributed by atoms with E-state index in [0.717, 1.165) is 13.1 Å². The van der Waals surface area contributed by atoms with Gasteiger partial charge in [-0.2, -0.15) is 16.1 Å². The minimum absolute atomic E-state index is 0.268. The maximum atomic E-state index is 12.1. The molecule has 1 heterocycles. The summed E-state index contributed by atoms with van der Waals surface area (Å²) in [4.78, 5) is 0. The van der Waals surface area contributed by atoms with E-state index in [1.54, 1.807) is 4.31 Å². The van der Waals surface area contributed by atoms with Gasteiger partial charge in [0.15, 0.2) is 0 Å². The van der Waals surface area contributed by atoms with Crippen LogP contribution in [0.15, 0.2) is 0 Å². The number of hydrogen-bond donors (Lipinski definition) is 1. The summed E-state index contributed by atoms with van der Waals surface area (Å²) < 4.78 is 25.9. The third-order valence-corrected chi connectivity index (χ3v) is 5.90. The first kappa shape index (κ1) is 15.3. The molecule has 0 amide bonds. The summed E-state index contributed by atoms with van der Waals surface area (Å²) in [6, 6.07) is 0. The van der Waals surface area contributed by atoms with Crippen LogP contribution in [0.2, 0.25) is 0 Å². The second kappa shape index (κ2) is 6.97. The van der Waals surface area contributed by atoms with Crippen molar-refractivity contribution in [2.45, 2.75) is 37.7 Å². The molecule has 1 rings (SSSR count). The van der Waals surface area contributed by atoms with Crippen LogP contribution in [0.1, 0.15) is 27.2 Å². The Labute approximate surface area is 110 Å². The molecule has 0 aromatic heterocycles. The lowest BCUT2D eigenvalue weighted by Gasteiger charge is -2.33. The van der Waals surface area contributed by atoms with E-state index < -0.39 is 10.0 Å². The van der Waals surface area contributed by atoms with Crippen LogP contribution in [-0.4, -0.2) is 55.2 Å². The molecule has 17 heavy (non-hydrogen) atoms. The first-order chi connectivity index (χ1) is 7.95. The topological polar surface area (TPSA) is 49.4 Å². The van der Waals surface area contributed by atoms with Crippen molar-refractivity contribution in [3.63, 3.8) is 0 Å². The third kappa shape index (κ3) is 5.16. The summed E-state index contributed by atoms with van der Waals surface area (Å²) in [5, 5.41) is 3.96. The summed E-state index contributed by atoms with van der Waals surface area (Å²) in [7, 11) is -3.05. The van der Waals surface area contributed by atoms with Gasteiger partial charge in [0.2, 0.25) is 10.0 Å². The summed E-state index contributed by atoms with van der Waals surface area (Å²) >= 11 is 1.87. The molecule has 0 radical (unpaired) electrons. The Hall–Kier alpha value is 0.220. The van der Waals surface area contributed by atoms with Crippen LogP contribution < -0.4 is 5.32 Å². The van der Waals surface area contributed by atoms with Crippen LogP contribution in [-0.2, 0) is 10.0 Å². The molecule has 0 spiro atoms. The van der Waals surface area contributed by atoms with Gasteiger partial charge in [-0.1, -0.05) is 20.8 Å². The number of sulfonamides is 1. The van der Waals surface area contributed by atoms with Crippen molar-refractivity contribution < 1.29 is 8.42 Å². The van der Waals surface area contributed by atoms with E-state index in [1.807, 2.05) is 18.7 Å². The molecule has 1 aliphatic heterocycles. The summed E-state index contributed by atoms with van der Waals surface area (Å²) in [5.41, 5.74) is 0. The molecule has 2 atom stereocenters. The number of nitrogens with zero attached hydrogens (tertiary/aromatic N) is 1. The number of hydrogen-bond acceptors (Lipinski definition) is 4. The molecule has 1 N–H and O–H groups in total. The molecular formula is C11H24N2O2S2. The average molecular weight is 280 g/mol. The Bertz CT molecular complexity index is 309. The van der Waals surface area contributed by atoms with E-state index in [1.165, 1.54) is 0 Å². The van der Waals surface area contributed by atoms with Gasteiger partial charge in [0.05, 0.1) is 5.75 Å². The smallest absolute Gasteiger partial charge is 0.214 e. The molecule has 6 heteroatoms. The number of thioether (sulfide) groups is 1. The van der Waals surface area contributed by atoms with Gasteiger partial charge in [-0.15, -0.1) is 0 Å². The Morgan fingerprint density at radius 1 is 1.29 bits per heavy atom. The highest BCUT2D eigenvalue weighted by atomic mass is 32.2. The fourth-order valence-electron chi connectivity index (χ4n) is 2.04. The first-order valence-electron chi connectivity index (χ1n) is 6.29. The first-order valence-corrected chi connectivity index (χ1v) is 8.85. The molecule has 1 saturated heterocycles. The van der Waals surface area contributed by atoms with Crippen molar-refractivity contribution in [1.82, 2.24) is 9.62 Å². The fourth-order valence-corrected chi connectivity index (χ4v) is 5.23. The zero-order valence-corrected chi connectivity index (χ0v) is 12.6. The normalized spacial score (nSPS) is 27.2. The van der Waals surface area contributed by atoms with Gasteiger partial charge in [0.25, 0.3) is 0 Å². The Balaban J connectivity index is 2.45. The van der Waals surface area contributed by atoms with Gasteiger partial charge >= 0.3 is 0 Å². The van der Waals surface area contributed by atoms with Crippen LogP contribution in [0, 0.1) is 0 Å². The second-order valence-electron chi connectivity index (χ2n) is 4.60. The third-order valence-electron chi connectivity index (χ3n) is 2.79. The molecule has 1 aliphatic rings. The Morgan fingerprint density at radius 3 is 2.41 bits per heavy atom. The van der Waals surface area contributed by atoms with Gasteiger partial charge in [-0.05, 0) is 19.5 Å². The minimum Gasteiger partial charge on any atom is -0.317 e. The highest BCUT2D eigenvalue weighted by molar-refractivity contribution is 8.00. The van der Waals surface area contributed by atoms with E-state index in [9.17, 15) is 8.42 Å². The van der Waals surface area contributed by atoms with Gasteiger partial charge in [0.1, 0.15) is 0 Å². The van der Waals surface area contributed by atoms with Gasteiger partial charge < -0.3 is 5.32 Å². The van der Waals surface area contributed by atoms with Gasteiger partial charge in [-0.3, -0.25) is 0 Å². The molecule has 1 fully saturated rings. The van der Waals surface area contributed by atoms with Crippen molar-refractivity contribution in [1.29, 1.82) is 0 Å². The highest BCUT2D eigenvalue weighted by Crippen LogP contribution is 2.26. The molecule has 0 saturated carbocycles. The van der Waals surface area contributed by atoms with E-state index in [0.29, 0.717) is 30.0 Å². The minimum atomic E-state index is -3.05. The molecule has 102 valence electrons. The van der Waals surface area contributed by atoms with Crippen molar-refractivity contribution in [2.75, 3.05) is 31.9 Å². The molecule has 0 aromatic carbocycles. The summed E-state index contributed by atoms with van der Waals surface area (Å²) in [5.74, 6) is 0.268. The van der Waals surface area contributed by atoms with Crippen molar-refractivity contribution in [2.24, 2.45) is 0 Å². The van der Waals surface area contributed by atoms with E-state index in [4.69, 9.17) is 0 Å². The zero-order valence-electron chi connectivity index (χ0n) is 11.0. The standard InChI is InChI=1S/C11H24N2O2S2/c1-4-12-6-5-7-17(14,15)13-8-10(2)16-11(3)9-13/h10-12H,4-9H2,1-3H3. The van der Waals surface area contributed by atoms with Crippen molar-refractivity contribution in [3.8, 4) is 0 Å². The van der Waals surface area contributed by atoms with Crippen molar-refractivity contribution >= 4 is 21.8 Å². The Morgan fingerprint density at radius 2 is 1.88 bits per heavy atom. The maximum absolute atomic E-state index is 12.1. The van der Waals surface area contributed by atoms with Crippen molar-refractivity contribution in [3.05, 3.63) is 0 Å². The zero-order chi connectivity index (χ0) is 12.9. The van der Waals surface area contributed by atoms with Crippen LogP contribution in [0.5, 0.6) is 0 Å². The molecule has 0 aliphatic carbocycles. The largest absolute Gasteiger partial charge is 0.317 e. The lowest BCUT2D eigenvalue weighted by atomic mass is 10.4. The van der Waals surface area contributed by atoms with E-state index >= 15 is 0 Å².